The topological polar surface area (TPSA) is 91.0 Å². The average molecular weight is 319 g/mol. The van der Waals surface area contributed by atoms with Gasteiger partial charge in [0.15, 0.2) is 0 Å². The molecule has 1 saturated heterocycles. The van der Waals surface area contributed by atoms with Gasteiger partial charge in [-0.15, -0.1) is 5.10 Å². The minimum atomic E-state index is -4.66. The average Bonchev–Trinajstić information content (AvgIpc) is 2.96. The number of hydrogen-bond donors (Lipinski definition) is 2. The number of H-pyrrole nitrogens is 1. The monoisotopic (exact) mass is 319 g/mol. The van der Waals surface area contributed by atoms with Crippen molar-refractivity contribution in [1.82, 2.24) is 20.1 Å². The second kappa shape index (κ2) is 5.93. The Kier molecular flexibility index (Phi) is 4.38. The third kappa shape index (κ3) is 3.74. The van der Waals surface area contributed by atoms with E-state index < -0.39 is 29.8 Å². The van der Waals surface area contributed by atoms with Gasteiger partial charge in [-0.2, -0.15) is 18.2 Å². The predicted octanol–water partition coefficient (Wildman–Crippen LogP) is 1.27. The highest BCUT2D eigenvalue weighted by atomic mass is 19.4. The van der Waals surface area contributed by atoms with Crippen LogP contribution in [0.4, 0.5) is 19.1 Å². The van der Waals surface area contributed by atoms with Gasteiger partial charge in [0.25, 0.3) is 0 Å². The van der Waals surface area contributed by atoms with E-state index in [-0.39, 0.29) is 24.8 Å². The molecule has 2 amide bonds. The fourth-order valence-electron chi connectivity index (χ4n) is 2.22. The van der Waals surface area contributed by atoms with E-state index in [1.807, 2.05) is 13.8 Å². The first-order valence-electron chi connectivity index (χ1n) is 6.75. The van der Waals surface area contributed by atoms with Crippen LogP contribution in [0, 0.1) is 11.8 Å². The van der Waals surface area contributed by atoms with E-state index >= 15 is 0 Å². The molecule has 7 nitrogen and oxygen atoms in total. The summed E-state index contributed by atoms with van der Waals surface area (Å²) >= 11 is 0. The van der Waals surface area contributed by atoms with Crippen molar-refractivity contribution < 1.29 is 22.8 Å². The second-order valence-electron chi connectivity index (χ2n) is 5.59. The Labute approximate surface area is 124 Å². The number of amides is 2. The molecule has 0 aromatic carbocycles. The summed E-state index contributed by atoms with van der Waals surface area (Å²) in [6.45, 7) is 4.70. The normalized spacial score (nSPS) is 19.1. The second-order valence-corrected chi connectivity index (χ2v) is 5.59. The van der Waals surface area contributed by atoms with Gasteiger partial charge in [-0.3, -0.25) is 20.0 Å². The number of halogens is 3. The fourth-order valence-corrected chi connectivity index (χ4v) is 2.22. The molecule has 10 heteroatoms. The summed E-state index contributed by atoms with van der Waals surface area (Å²) < 4.78 is 37.1. The Morgan fingerprint density at radius 3 is 2.73 bits per heavy atom. The number of likely N-dealkylation sites (tertiary alicyclic amines) is 1. The maximum atomic E-state index is 12.4. The number of hydrogen-bond acceptors (Lipinski definition) is 4. The van der Waals surface area contributed by atoms with Gasteiger partial charge >= 0.3 is 6.18 Å². The summed E-state index contributed by atoms with van der Waals surface area (Å²) in [5.41, 5.74) is 0. The highest BCUT2D eigenvalue weighted by molar-refractivity contribution is 5.96. The van der Waals surface area contributed by atoms with E-state index in [2.05, 4.69) is 15.4 Å². The molecule has 1 aliphatic rings. The zero-order valence-corrected chi connectivity index (χ0v) is 12.1. The zero-order valence-electron chi connectivity index (χ0n) is 12.1. The molecule has 0 aliphatic carbocycles. The Morgan fingerprint density at radius 2 is 2.18 bits per heavy atom. The molecule has 1 atom stereocenters. The third-order valence-corrected chi connectivity index (χ3v) is 3.16. The van der Waals surface area contributed by atoms with E-state index in [9.17, 15) is 22.8 Å². The van der Waals surface area contributed by atoms with Crippen LogP contribution in [0.3, 0.4) is 0 Å². The van der Waals surface area contributed by atoms with Crippen molar-refractivity contribution >= 4 is 17.8 Å². The van der Waals surface area contributed by atoms with Gasteiger partial charge in [0, 0.05) is 19.5 Å². The van der Waals surface area contributed by atoms with Crippen molar-refractivity contribution in [3.05, 3.63) is 5.82 Å². The van der Waals surface area contributed by atoms with Gasteiger partial charge in [-0.25, -0.2) is 0 Å². The number of anilines is 1. The van der Waals surface area contributed by atoms with Crippen LogP contribution >= 0.6 is 0 Å². The molecule has 2 N–H and O–H groups in total. The van der Waals surface area contributed by atoms with Crippen molar-refractivity contribution in [2.75, 3.05) is 18.4 Å². The first kappa shape index (κ1) is 16.2. The van der Waals surface area contributed by atoms with Crippen LogP contribution in [0.25, 0.3) is 0 Å². The molecule has 122 valence electrons. The van der Waals surface area contributed by atoms with E-state index in [1.165, 1.54) is 0 Å². The minimum Gasteiger partial charge on any atom is -0.342 e. The molecule has 0 spiro atoms. The molecule has 0 unspecified atom stereocenters. The van der Waals surface area contributed by atoms with E-state index in [0.29, 0.717) is 6.54 Å². The van der Waals surface area contributed by atoms with Crippen LogP contribution in [-0.4, -0.2) is 45.0 Å². The summed E-state index contributed by atoms with van der Waals surface area (Å²) in [4.78, 5) is 28.5. The van der Waals surface area contributed by atoms with Crippen molar-refractivity contribution in [3.8, 4) is 0 Å². The maximum absolute atomic E-state index is 12.4. The zero-order chi connectivity index (χ0) is 16.5. The number of rotatable bonds is 4. The Hall–Kier alpha value is -2.13. The van der Waals surface area contributed by atoms with E-state index in [0.717, 1.165) is 0 Å². The SMILES string of the molecule is CC(C)CN1C[C@H](C(=O)Nc2n[nH]c(C(F)(F)F)n2)CC1=O. The number of carbonyl (C=O) groups excluding carboxylic acids is 2. The molecule has 1 aromatic heterocycles. The van der Waals surface area contributed by atoms with Crippen molar-refractivity contribution in [2.24, 2.45) is 11.8 Å². The van der Waals surface area contributed by atoms with Gasteiger partial charge in [-0.1, -0.05) is 13.8 Å². The first-order chi connectivity index (χ1) is 10.2. The van der Waals surface area contributed by atoms with Crippen LogP contribution in [0.1, 0.15) is 26.1 Å². The van der Waals surface area contributed by atoms with Gasteiger partial charge < -0.3 is 4.90 Å². The summed E-state index contributed by atoms with van der Waals surface area (Å²) in [6.07, 6.45) is -4.62. The summed E-state index contributed by atoms with van der Waals surface area (Å²) in [7, 11) is 0. The largest absolute Gasteiger partial charge is 0.451 e. The Balaban J connectivity index is 1.96. The van der Waals surface area contributed by atoms with Gasteiger partial charge in [-0.05, 0) is 5.92 Å². The lowest BCUT2D eigenvalue weighted by atomic mass is 10.1. The van der Waals surface area contributed by atoms with Crippen LogP contribution < -0.4 is 5.32 Å². The lowest BCUT2D eigenvalue weighted by molar-refractivity contribution is -0.144. The molecule has 1 aliphatic heterocycles. The van der Waals surface area contributed by atoms with Crippen LogP contribution in [0.5, 0.6) is 0 Å². The quantitative estimate of drug-likeness (QED) is 0.874. The summed E-state index contributed by atoms with van der Waals surface area (Å²) in [6, 6.07) is 0. The first-order valence-corrected chi connectivity index (χ1v) is 6.75. The predicted molar refractivity (Wildman–Crippen MR) is 69.5 cm³/mol. The molecule has 0 radical (unpaired) electrons. The Bertz CT molecular complexity index is 569. The van der Waals surface area contributed by atoms with Gasteiger partial charge in [0.1, 0.15) is 0 Å². The molecule has 1 aromatic rings. The summed E-state index contributed by atoms with van der Waals surface area (Å²) in [5, 5.41) is 7.20. The van der Waals surface area contributed by atoms with Crippen LogP contribution in [-0.2, 0) is 15.8 Å². The minimum absolute atomic E-state index is 0.0368. The van der Waals surface area contributed by atoms with Crippen LogP contribution in [0.2, 0.25) is 0 Å². The Morgan fingerprint density at radius 1 is 1.50 bits per heavy atom. The number of aromatic nitrogens is 3. The lowest BCUT2D eigenvalue weighted by Crippen LogP contribution is -2.31. The number of nitrogens with one attached hydrogen (secondary N) is 2. The van der Waals surface area contributed by atoms with Crippen molar-refractivity contribution in [3.63, 3.8) is 0 Å². The molecule has 2 rings (SSSR count). The molecule has 1 fully saturated rings. The van der Waals surface area contributed by atoms with Crippen molar-refractivity contribution in [1.29, 1.82) is 0 Å². The van der Waals surface area contributed by atoms with Crippen LogP contribution in [0.15, 0.2) is 0 Å². The van der Waals surface area contributed by atoms with Gasteiger partial charge in [0.2, 0.25) is 23.6 Å². The standard InChI is InChI=1S/C12H16F3N5O2/c1-6(2)4-20-5-7(3-8(20)21)9(22)16-11-17-10(18-19-11)12(13,14)15/h6-7H,3-5H2,1-2H3,(H2,16,17,18,19,22)/t7-/m1/s1. The van der Waals surface area contributed by atoms with Gasteiger partial charge in [0.05, 0.1) is 5.92 Å². The molecule has 0 saturated carbocycles. The number of aromatic amines is 1. The molecule has 2 heterocycles. The molecular formula is C12H16F3N5O2. The smallest absolute Gasteiger partial charge is 0.342 e. The molecular weight excluding hydrogens is 303 g/mol. The molecule has 0 bridgehead atoms. The highest BCUT2D eigenvalue weighted by Crippen LogP contribution is 2.26. The third-order valence-electron chi connectivity index (χ3n) is 3.16. The number of nitrogens with zero attached hydrogens (tertiary/aromatic N) is 3. The molecule has 22 heavy (non-hydrogen) atoms. The number of carbonyl (C=O) groups is 2. The number of alkyl halides is 3. The van der Waals surface area contributed by atoms with Crippen molar-refractivity contribution in [2.45, 2.75) is 26.4 Å². The summed E-state index contributed by atoms with van der Waals surface area (Å²) in [5.74, 6) is -2.78. The fraction of sp³-hybridized carbons (Fsp3) is 0.667. The highest BCUT2D eigenvalue weighted by Gasteiger charge is 2.37. The lowest BCUT2D eigenvalue weighted by Gasteiger charge is -2.18. The van der Waals surface area contributed by atoms with E-state index in [1.54, 1.807) is 10.00 Å². The van der Waals surface area contributed by atoms with E-state index in [4.69, 9.17) is 0 Å². The maximum Gasteiger partial charge on any atom is 0.451 e.